The zero-order valence-electron chi connectivity index (χ0n) is 17.3. The minimum Gasteiger partial charge on any atom is -0.466 e. The highest BCUT2D eigenvalue weighted by atomic mass is 32.2. The third-order valence-electron chi connectivity index (χ3n) is 4.80. The molecule has 0 radical (unpaired) electrons. The number of esters is 1. The number of benzene rings is 1. The highest BCUT2D eigenvalue weighted by Crippen LogP contribution is 2.44. The molecule has 1 N–H and O–H groups in total. The van der Waals surface area contributed by atoms with Gasteiger partial charge in [-0.15, -0.1) is 0 Å². The van der Waals surface area contributed by atoms with Crippen molar-refractivity contribution in [2.45, 2.75) is 19.4 Å². The lowest BCUT2D eigenvalue weighted by molar-refractivity contribution is -0.384. The number of aliphatic imine (C=N–C) groups is 1. The van der Waals surface area contributed by atoms with Gasteiger partial charge in [-0.25, -0.2) is 9.79 Å². The van der Waals surface area contributed by atoms with E-state index in [1.165, 1.54) is 31.0 Å². The third-order valence-corrected chi connectivity index (χ3v) is 5.68. The molecular formula is C20H22N4O6S. The van der Waals surface area contributed by atoms with Crippen molar-refractivity contribution < 1.29 is 24.0 Å². The second-order valence-electron chi connectivity index (χ2n) is 6.75. The molecular weight excluding hydrogens is 424 g/mol. The Balaban J connectivity index is 1.97. The molecule has 1 amide bonds. The molecule has 0 aromatic heterocycles. The largest absolute Gasteiger partial charge is 0.466 e. The summed E-state index contributed by atoms with van der Waals surface area (Å²) in [5.74, 6) is -0.747. The molecule has 2 heterocycles. The summed E-state index contributed by atoms with van der Waals surface area (Å²) in [4.78, 5) is 41.9. The molecule has 3 rings (SSSR count). The molecule has 0 spiro atoms. The van der Waals surface area contributed by atoms with Crippen molar-refractivity contribution in [1.82, 2.24) is 10.2 Å². The van der Waals surface area contributed by atoms with Crippen molar-refractivity contribution in [3.05, 3.63) is 62.3 Å². The summed E-state index contributed by atoms with van der Waals surface area (Å²) in [6.07, 6.45) is 0.0761. The van der Waals surface area contributed by atoms with Crippen LogP contribution in [-0.4, -0.2) is 54.2 Å². The van der Waals surface area contributed by atoms with Crippen molar-refractivity contribution in [1.29, 1.82) is 0 Å². The summed E-state index contributed by atoms with van der Waals surface area (Å²) in [6.45, 7) is 2.50. The fourth-order valence-corrected chi connectivity index (χ4v) is 4.32. The number of non-ortho nitro benzene ring substituents is 1. The van der Waals surface area contributed by atoms with E-state index in [-0.39, 0.29) is 18.0 Å². The highest BCUT2D eigenvalue weighted by Gasteiger charge is 2.41. The van der Waals surface area contributed by atoms with Gasteiger partial charge in [0.05, 0.1) is 42.4 Å². The van der Waals surface area contributed by atoms with Gasteiger partial charge in [0.25, 0.3) is 5.69 Å². The second kappa shape index (κ2) is 9.75. The van der Waals surface area contributed by atoms with Crippen molar-refractivity contribution >= 4 is 34.5 Å². The van der Waals surface area contributed by atoms with E-state index in [0.29, 0.717) is 40.8 Å². The fourth-order valence-electron chi connectivity index (χ4n) is 3.35. The second-order valence-corrected chi connectivity index (χ2v) is 7.59. The molecule has 10 nitrogen and oxygen atoms in total. The predicted molar refractivity (Wildman–Crippen MR) is 115 cm³/mol. The molecule has 164 valence electrons. The van der Waals surface area contributed by atoms with Crippen LogP contribution in [0.2, 0.25) is 0 Å². The van der Waals surface area contributed by atoms with Crippen LogP contribution >= 0.6 is 11.8 Å². The van der Waals surface area contributed by atoms with Crippen LogP contribution in [-0.2, 0) is 19.1 Å². The maximum atomic E-state index is 12.6. The third kappa shape index (κ3) is 4.78. The van der Waals surface area contributed by atoms with Crippen LogP contribution in [0.15, 0.2) is 51.6 Å². The van der Waals surface area contributed by atoms with E-state index in [4.69, 9.17) is 9.47 Å². The summed E-state index contributed by atoms with van der Waals surface area (Å²) in [7, 11) is 2.84. The molecule has 31 heavy (non-hydrogen) atoms. The average Bonchev–Trinajstić information content (AvgIpc) is 3.14. The molecule has 1 aromatic carbocycles. The van der Waals surface area contributed by atoms with Gasteiger partial charge in [0, 0.05) is 31.5 Å². The Morgan fingerprint density at radius 2 is 2.00 bits per heavy atom. The normalized spacial score (nSPS) is 17.6. The maximum Gasteiger partial charge on any atom is 0.338 e. The Labute approximate surface area is 183 Å². The number of fused-ring (bicyclic) bond motifs is 1. The predicted octanol–water partition coefficient (Wildman–Crippen LogP) is 2.50. The molecule has 0 bridgehead atoms. The Bertz CT molecular complexity index is 986. The Morgan fingerprint density at radius 1 is 1.29 bits per heavy atom. The highest BCUT2D eigenvalue weighted by molar-refractivity contribution is 8.16. The number of thioether (sulfide) groups is 1. The Hall–Kier alpha value is -3.18. The molecule has 0 saturated carbocycles. The first-order valence-electron chi connectivity index (χ1n) is 9.40. The van der Waals surface area contributed by atoms with Gasteiger partial charge < -0.3 is 19.7 Å². The maximum absolute atomic E-state index is 12.6. The van der Waals surface area contributed by atoms with Crippen LogP contribution in [0.25, 0.3) is 0 Å². The SMILES string of the molecule is COCCNC(=O)CC1=CSC2=NC(C)=C(C(=O)OC)[C@@H](c3ccc([N+](=O)[O-])cc3)N12. The number of carbonyl (C=O) groups excluding carboxylic acids is 2. The molecule has 1 aromatic rings. The van der Waals surface area contributed by atoms with Gasteiger partial charge in [0.1, 0.15) is 0 Å². The summed E-state index contributed by atoms with van der Waals surface area (Å²) < 4.78 is 9.93. The lowest BCUT2D eigenvalue weighted by Crippen LogP contribution is -2.38. The molecule has 0 saturated heterocycles. The first-order chi connectivity index (χ1) is 14.9. The molecule has 2 aliphatic rings. The van der Waals surface area contributed by atoms with Crippen LogP contribution in [0.1, 0.15) is 24.9 Å². The minimum absolute atomic E-state index is 0.0575. The van der Waals surface area contributed by atoms with Gasteiger partial charge in [-0.1, -0.05) is 11.8 Å². The van der Waals surface area contributed by atoms with E-state index in [1.54, 1.807) is 31.1 Å². The number of amidine groups is 1. The standard InChI is InChI=1S/C20H22N4O6S/c1-12-17(19(26)30-3)18(13-4-6-14(7-5-13)24(27)28)23-15(11-31-20(23)22-12)10-16(25)21-8-9-29-2/h4-7,11,18H,8-10H2,1-3H3,(H,21,25)/t18-/m1/s1. The van der Waals surface area contributed by atoms with E-state index in [9.17, 15) is 19.7 Å². The molecule has 1 atom stereocenters. The number of amides is 1. The van der Waals surface area contributed by atoms with Crippen molar-refractivity contribution in [3.63, 3.8) is 0 Å². The lowest BCUT2D eigenvalue weighted by Gasteiger charge is -2.36. The zero-order chi connectivity index (χ0) is 22.5. The topological polar surface area (TPSA) is 123 Å². The van der Waals surface area contributed by atoms with Crippen molar-refractivity contribution in [2.75, 3.05) is 27.4 Å². The number of carbonyl (C=O) groups is 2. The van der Waals surface area contributed by atoms with Gasteiger partial charge in [-0.3, -0.25) is 14.9 Å². The zero-order valence-corrected chi connectivity index (χ0v) is 18.1. The summed E-state index contributed by atoms with van der Waals surface area (Å²) in [5.41, 5.74) is 2.06. The van der Waals surface area contributed by atoms with E-state index in [0.717, 1.165) is 0 Å². The monoisotopic (exact) mass is 446 g/mol. The Kier molecular flexibility index (Phi) is 7.08. The average molecular weight is 446 g/mol. The molecule has 0 unspecified atom stereocenters. The first kappa shape index (κ1) is 22.5. The number of hydrogen-bond acceptors (Lipinski definition) is 9. The van der Waals surface area contributed by atoms with Gasteiger partial charge in [-0.05, 0) is 30.0 Å². The van der Waals surface area contributed by atoms with E-state index < -0.39 is 16.9 Å². The first-order valence-corrected chi connectivity index (χ1v) is 10.3. The van der Waals surface area contributed by atoms with Crippen LogP contribution in [0, 0.1) is 10.1 Å². The molecule has 11 heteroatoms. The van der Waals surface area contributed by atoms with Crippen LogP contribution in [0.5, 0.6) is 0 Å². The number of nitro benzene ring substituents is 1. The van der Waals surface area contributed by atoms with E-state index in [2.05, 4.69) is 10.3 Å². The quantitative estimate of drug-likeness (QED) is 0.280. The van der Waals surface area contributed by atoms with Crippen molar-refractivity contribution in [3.8, 4) is 0 Å². The summed E-state index contributed by atoms with van der Waals surface area (Å²) >= 11 is 1.35. The molecule has 0 aliphatic carbocycles. The number of hydrogen-bond donors (Lipinski definition) is 1. The van der Waals surface area contributed by atoms with E-state index in [1.807, 2.05) is 5.41 Å². The van der Waals surface area contributed by atoms with Gasteiger partial charge in [-0.2, -0.15) is 0 Å². The van der Waals surface area contributed by atoms with Crippen LogP contribution in [0.4, 0.5) is 5.69 Å². The number of rotatable bonds is 8. The Morgan fingerprint density at radius 3 is 2.61 bits per heavy atom. The number of ether oxygens (including phenoxy) is 2. The molecule has 2 aliphatic heterocycles. The molecule has 0 fully saturated rings. The summed E-state index contributed by atoms with van der Waals surface area (Å²) in [5, 5.41) is 16.3. The van der Waals surface area contributed by atoms with Gasteiger partial charge in [0.2, 0.25) is 5.91 Å². The van der Waals surface area contributed by atoms with E-state index >= 15 is 0 Å². The van der Waals surface area contributed by atoms with Crippen molar-refractivity contribution in [2.24, 2.45) is 4.99 Å². The van der Waals surface area contributed by atoms with Gasteiger partial charge >= 0.3 is 5.97 Å². The fraction of sp³-hybridized carbons (Fsp3) is 0.350. The van der Waals surface area contributed by atoms with Gasteiger partial charge in [0.15, 0.2) is 5.17 Å². The number of allylic oxidation sites excluding steroid dienone is 1. The lowest BCUT2D eigenvalue weighted by atomic mass is 9.93. The van der Waals surface area contributed by atoms with Crippen LogP contribution in [0.3, 0.4) is 0 Å². The number of methoxy groups -OCH3 is 2. The summed E-state index contributed by atoms with van der Waals surface area (Å²) in [6, 6.07) is 5.33. The number of nitrogens with zero attached hydrogens (tertiary/aromatic N) is 3. The van der Waals surface area contributed by atoms with Crippen LogP contribution < -0.4 is 5.32 Å². The number of nitrogens with one attached hydrogen (secondary N) is 1. The number of nitro groups is 1. The minimum atomic E-state index is -0.631. The smallest absolute Gasteiger partial charge is 0.338 e.